The Hall–Kier alpha value is -0.630. The standard InChI is InChI=1S/C9H13NO/c1-7-4-8-5-9(11)2-3-10(8)6-7/h8H,1-6H2. The minimum absolute atomic E-state index is 0.431. The Bertz CT molecular complexity index is 208. The highest BCUT2D eigenvalue weighted by molar-refractivity contribution is 5.80. The smallest absolute Gasteiger partial charge is 0.135 e. The van der Waals surface area contributed by atoms with Crippen LogP contribution in [0.5, 0.6) is 0 Å². The molecule has 11 heavy (non-hydrogen) atoms. The number of carbonyl (C=O) groups is 1. The molecule has 2 aliphatic rings. The average Bonchev–Trinajstić information content (AvgIpc) is 2.27. The number of carbonyl (C=O) groups excluding carboxylic acids is 1. The van der Waals surface area contributed by atoms with Crippen LogP contribution in [0.2, 0.25) is 0 Å². The lowest BCUT2D eigenvalue weighted by atomic mass is 10.0. The molecule has 0 aromatic carbocycles. The molecular formula is C9H13NO. The maximum atomic E-state index is 11.1. The first-order valence-corrected chi connectivity index (χ1v) is 4.18. The van der Waals surface area contributed by atoms with E-state index in [1.807, 2.05) is 0 Å². The van der Waals surface area contributed by atoms with E-state index < -0.39 is 0 Å². The summed E-state index contributed by atoms with van der Waals surface area (Å²) in [6.45, 7) is 5.94. The Morgan fingerprint density at radius 2 is 2.27 bits per heavy atom. The number of Topliss-reactive ketones (excluding diaryl/α,β-unsaturated/α-hetero) is 1. The molecule has 0 aromatic rings. The van der Waals surface area contributed by atoms with Crippen LogP contribution < -0.4 is 0 Å². The molecule has 0 spiro atoms. The second-order valence-corrected chi connectivity index (χ2v) is 3.57. The molecule has 1 atom stereocenters. The van der Waals surface area contributed by atoms with Crippen LogP contribution in [-0.4, -0.2) is 29.8 Å². The lowest BCUT2D eigenvalue weighted by Gasteiger charge is -2.27. The van der Waals surface area contributed by atoms with Gasteiger partial charge in [-0.15, -0.1) is 0 Å². The van der Waals surface area contributed by atoms with Crippen molar-refractivity contribution in [1.29, 1.82) is 0 Å². The van der Waals surface area contributed by atoms with Gasteiger partial charge in [-0.05, 0) is 6.42 Å². The maximum absolute atomic E-state index is 11.1. The molecule has 0 N–H and O–H groups in total. The molecule has 0 saturated carbocycles. The van der Waals surface area contributed by atoms with Crippen molar-refractivity contribution in [3.05, 3.63) is 12.2 Å². The van der Waals surface area contributed by atoms with Crippen LogP contribution in [0.4, 0.5) is 0 Å². The van der Waals surface area contributed by atoms with Gasteiger partial charge in [0.15, 0.2) is 0 Å². The van der Waals surface area contributed by atoms with Crippen LogP contribution in [0.15, 0.2) is 12.2 Å². The largest absolute Gasteiger partial charge is 0.300 e. The third-order valence-corrected chi connectivity index (χ3v) is 2.61. The highest BCUT2D eigenvalue weighted by Crippen LogP contribution is 2.27. The van der Waals surface area contributed by atoms with Crippen molar-refractivity contribution in [1.82, 2.24) is 4.90 Å². The lowest BCUT2D eigenvalue weighted by molar-refractivity contribution is -0.122. The molecule has 0 aliphatic carbocycles. The molecule has 2 heteroatoms. The Labute approximate surface area is 66.9 Å². The van der Waals surface area contributed by atoms with Gasteiger partial charge in [0.05, 0.1) is 0 Å². The van der Waals surface area contributed by atoms with Gasteiger partial charge in [-0.3, -0.25) is 9.69 Å². The number of rotatable bonds is 0. The topological polar surface area (TPSA) is 20.3 Å². The fourth-order valence-corrected chi connectivity index (χ4v) is 2.04. The number of ketones is 1. The van der Waals surface area contributed by atoms with Crippen molar-refractivity contribution < 1.29 is 4.79 Å². The molecule has 0 aromatic heterocycles. The second kappa shape index (κ2) is 2.45. The fourth-order valence-electron chi connectivity index (χ4n) is 2.04. The third-order valence-electron chi connectivity index (χ3n) is 2.61. The summed E-state index contributed by atoms with van der Waals surface area (Å²) in [5.74, 6) is 0.431. The van der Waals surface area contributed by atoms with Crippen LogP contribution in [0, 0.1) is 0 Å². The van der Waals surface area contributed by atoms with E-state index in [1.165, 1.54) is 5.57 Å². The van der Waals surface area contributed by atoms with E-state index in [9.17, 15) is 4.79 Å². The Morgan fingerprint density at radius 3 is 3.09 bits per heavy atom. The summed E-state index contributed by atoms with van der Waals surface area (Å²) in [6, 6.07) is 0.503. The minimum atomic E-state index is 0.431. The molecule has 2 aliphatic heterocycles. The van der Waals surface area contributed by atoms with Crippen LogP contribution in [0.1, 0.15) is 19.3 Å². The Morgan fingerprint density at radius 1 is 1.45 bits per heavy atom. The van der Waals surface area contributed by atoms with E-state index in [4.69, 9.17) is 0 Å². The minimum Gasteiger partial charge on any atom is -0.300 e. The first-order valence-electron chi connectivity index (χ1n) is 4.18. The van der Waals surface area contributed by atoms with Gasteiger partial charge in [0.2, 0.25) is 0 Å². The summed E-state index contributed by atoms with van der Waals surface area (Å²) in [5.41, 5.74) is 1.30. The Balaban J connectivity index is 2.08. The molecule has 0 bridgehead atoms. The predicted octanol–water partition coefficient (Wildman–Crippen LogP) is 0.980. The monoisotopic (exact) mass is 151 g/mol. The van der Waals surface area contributed by atoms with Crippen LogP contribution in [-0.2, 0) is 4.79 Å². The second-order valence-electron chi connectivity index (χ2n) is 3.57. The normalized spacial score (nSPS) is 32.5. The van der Waals surface area contributed by atoms with Gasteiger partial charge >= 0.3 is 0 Å². The number of fused-ring (bicyclic) bond motifs is 1. The molecular weight excluding hydrogens is 138 g/mol. The first-order chi connectivity index (χ1) is 5.25. The quantitative estimate of drug-likeness (QED) is 0.481. The zero-order valence-corrected chi connectivity index (χ0v) is 6.68. The van der Waals surface area contributed by atoms with Gasteiger partial charge in [0.1, 0.15) is 5.78 Å². The number of hydrogen-bond acceptors (Lipinski definition) is 2. The lowest BCUT2D eigenvalue weighted by Crippen LogP contribution is -2.37. The van der Waals surface area contributed by atoms with Crippen LogP contribution in [0.25, 0.3) is 0 Å². The van der Waals surface area contributed by atoms with E-state index in [0.29, 0.717) is 11.8 Å². The van der Waals surface area contributed by atoms with Gasteiger partial charge in [-0.1, -0.05) is 12.2 Å². The zero-order chi connectivity index (χ0) is 7.84. The van der Waals surface area contributed by atoms with Crippen LogP contribution in [0.3, 0.4) is 0 Å². The summed E-state index contributed by atoms with van der Waals surface area (Å²) in [6.07, 6.45) is 2.56. The molecule has 0 amide bonds. The number of piperidine rings is 1. The van der Waals surface area contributed by atoms with Crippen molar-refractivity contribution >= 4 is 5.78 Å². The Kier molecular flexibility index (Phi) is 1.57. The maximum Gasteiger partial charge on any atom is 0.135 e. The average molecular weight is 151 g/mol. The van der Waals surface area contributed by atoms with Crippen molar-refractivity contribution in [3.8, 4) is 0 Å². The van der Waals surface area contributed by atoms with Crippen molar-refractivity contribution in [3.63, 3.8) is 0 Å². The van der Waals surface area contributed by atoms with Crippen molar-refractivity contribution in [2.75, 3.05) is 13.1 Å². The highest BCUT2D eigenvalue weighted by atomic mass is 16.1. The van der Waals surface area contributed by atoms with E-state index in [2.05, 4.69) is 11.5 Å². The van der Waals surface area contributed by atoms with Crippen LogP contribution >= 0.6 is 0 Å². The van der Waals surface area contributed by atoms with E-state index in [-0.39, 0.29) is 0 Å². The van der Waals surface area contributed by atoms with Gasteiger partial charge in [-0.2, -0.15) is 0 Å². The summed E-state index contributed by atoms with van der Waals surface area (Å²) >= 11 is 0. The first kappa shape index (κ1) is 7.04. The molecule has 2 heterocycles. The molecule has 2 saturated heterocycles. The van der Waals surface area contributed by atoms with E-state index in [1.54, 1.807) is 0 Å². The van der Waals surface area contributed by atoms with Gasteiger partial charge in [-0.25, -0.2) is 0 Å². The molecule has 1 unspecified atom stereocenters. The summed E-state index contributed by atoms with van der Waals surface area (Å²) < 4.78 is 0. The predicted molar refractivity (Wildman–Crippen MR) is 43.4 cm³/mol. The summed E-state index contributed by atoms with van der Waals surface area (Å²) in [7, 11) is 0. The van der Waals surface area contributed by atoms with Gasteiger partial charge in [0.25, 0.3) is 0 Å². The number of hydrogen-bond donors (Lipinski definition) is 0. The molecule has 60 valence electrons. The summed E-state index contributed by atoms with van der Waals surface area (Å²) in [4.78, 5) is 13.4. The van der Waals surface area contributed by atoms with E-state index >= 15 is 0 Å². The van der Waals surface area contributed by atoms with E-state index in [0.717, 1.165) is 32.4 Å². The molecule has 2 rings (SSSR count). The highest BCUT2D eigenvalue weighted by Gasteiger charge is 2.31. The fraction of sp³-hybridized carbons (Fsp3) is 0.667. The molecule has 2 nitrogen and oxygen atoms in total. The third kappa shape index (κ3) is 1.23. The zero-order valence-electron chi connectivity index (χ0n) is 6.68. The molecule has 2 fully saturated rings. The van der Waals surface area contributed by atoms with Crippen molar-refractivity contribution in [2.24, 2.45) is 0 Å². The SMILES string of the molecule is C=C1CC2CC(=O)CCN2C1. The van der Waals surface area contributed by atoms with Crippen molar-refractivity contribution in [2.45, 2.75) is 25.3 Å². The summed E-state index contributed by atoms with van der Waals surface area (Å²) in [5, 5.41) is 0. The van der Waals surface area contributed by atoms with Gasteiger partial charge in [0, 0.05) is 32.0 Å². The number of nitrogens with zero attached hydrogens (tertiary/aromatic N) is 1. The molecule has 0 radical (unpaired) electrons. The van der Waals surface area contributed by atoms with Gasteiger partial charge < -0.3 is 0 Å².